The Bertz CT molecular complexity index is 3550. The van der Waals surface area contributed by atoms with Crippen molar-refractivity contribution in [3.8, 4) is 39.3 Å². The summed E-state index contributed by atoms with van der Waals surface area (Å²) in [7, 11) is 0. The maximum absolute atomic E-state index is 5.54. The molecule has 4 heteroatoms. The molecule has 0 aliphatic rings. The molecule has 0 saturated carbocycles. The second-order valence-corrected chi connectivity index (χ2v) is 16.8. The molecule has 316 valence electrons. The van der Waals surface area contributed by atoms with Gasteiger partial charge in [-0.15, -0.1) is 0 Å². The molecule has 0 aliphatic heterocycles. The third kappa shape index (κ3) is 7.37. The molecule has 0 radical (unpaired) electrons. The van der Waals surface area contributed by atoms with Gasteiger partial charge in [0.2, 0.25) is 0 Å². The van der Waals surface area contributed by atoms with E-state index >= 15 is 0 Å². The smallest absolute Gasteiger partial charge is 0.145 e. The monoisotopic (exact) mass is 856 g/mol. The van der Waals surface area contributed by atoms with Crippen molar-refractivity contribution < 1.29 is 0 Å². The summed E-state index contributed by atoms with van der Waals surface area (Å²) < 4.78 is 2.35. The van der Waals surface area contributed by atoms with E-state index in [1.165, 1.54) is 5.39 Å². The maximum Gasteiger partial charge on any atom is 0.145 e. The minimum atomic E-state index is 0.915. The van der Waals surface area contributed by atoms with Crippen molar-refractivity contribution in [1.29, 1.82) is 0 Å². The van der Waals surface area contributed by atoms with E-state index in [1.54, 1.807) is 0 Å². The van der Waals surface area contributed by atoms with Crippen LogP contribution in [0.4, 0.5) is 34.1 Å². The average molecular weight is 857 g/mol. The van der Waals surface area contributed by atoms with Gasteiger partial charge in [0.25, 0.3) is 0 Å². The van der Waals surface area contributed by atoms with Crippen molar-refractivity contribution in [3.05, 3.63) is 267 Å². The minimum Gasteiger partial charge on any atom is -0.311 e. The van der Waals surface area contributed by atoms with Gasteiger partial charge in [-0.1, -0.05) is 170 Å². The van der Waals surface area contributed by atoms with Gasteiger partial charge >= 0.3 is 0 Å². The zero-order valence-electron chi connectivity index (χ0n) is 36.7. The topological polar surface area (TPSA) is 24.3 Å². The minimum absolute atomic E-state index is 0.915. The molecule has 0 unspecified atom stereocenters. The van der Waals surface area contributed by atoms with Crippen molar-refractivity contribution in [3.63, 3.8) is 0 Å². The predicted molar refractivity (Wildman–Crippen MR) is 282 cm³/mol. The fourth-order valence-electron chi connectivity index (χ4n) is 9.58. The Morgan fingerprint density at radius 2 is 0.612 bits per heavy atom. The van der Waals surface area contributed by atoms with Gasteiger partial charge < -0.3 is 9.80 Å². The largest absolute Gasteiger partial charge is 0.311 e. The summed E-state index contributed by atoms with van der Waals surface area (Å²) in [6.45, 7) is 0. The molecule has 0 bridgehead atoms. The Hall–Kier alpha value is -8.99. The second-order valence-electron chi connectivity index (χ2n) is 16.8. The van der Waals surface area contributed by atoms with Crippen LogP contribution >= 0.6 is 0 Å². The van der Waals surface area contributed by atoms with Crippen LogP contribution in [0.2, 0.25) is 0 Å². The molecule has 0 aliphatic carbocycles. The van der Waals surface area contributed by atoms with Gasteiger partial charge in [-0.05, 0) is 130 Å². The van der Waals surface area contributed by atoms with E-state index in [9.17, 15) is 0 Å². The molecule has 0 fully saturated rings. The Labute approximate surface area is 390 Å². The number of anilines is 6. The number of fused-ring (bicyclic) bond motifs is 6. The third-order valence-corrected chi connectivity index (χ3v) is 12.7. The van der Waals surface area contributed by atoms with E-state index in [4.69, 9.17) is 4.98 Å². The molecule has 12 aromatic rings. The van der Waals surface area contributed by atoms with E-state index < -0.39 is 0 Å². The number of benzene rings is 11. The Morgan fingerprint density at radius 3 is 1.04 bits per heavy atom. The van der Waals surface area contributed by atoms with Crippen molar-refractivity contribution >= 4 is 66.7 Å². The van der Waals surface area contributed by atoms with E-state index in [0.717, 1.165) is 101 Å². The van der Waals surface area contributed by atoms with Gasteiger partial charge in [-0.25, -0.2) is 4.98 Å². The number of aromatic nitrogens is 2. The zero-order chi connectivity index (χ0) is 44.5. The van der Waals surface area contributed by atoms with E-state index in [-0.39, 0.29) is 0 Å². The van der Waals surface area contributed by atoms with Crippen LogP contribution in [0.1, 0.15) is 0 Å². The summed E-state index contributed by atoms with van der Waals surface area (Å²) in [6, 6.07) is 95.2. The molecule has 4 nitrogen and oxygen atoms in total. The summed E-state index contributed by atoms with van der Waals surface area (Å²) in [5.41, 5.74) is 15.4. The van der Waals surface area contributed by atoms with Gasteiger partial charge in [0, 0.05) is 56.1 Å². The highest BCUT2D eigenvalue weighted by molar-refractivity contribution is 6.25. The number of imidazole rings is 1. The van der Waals surface area contributed by atoms with Gasteiger partial charge in [0.15, 0.2) is 0 Å². The lowest BCUT2D eigenvalue weighted by Gasteiger charge is -2.25. The van der Waals surface area contributed by atoms with Gasteiger partial charge in [-0.3, -0.25) is 4.57 Å². The van der Waals surface area contributed by atoms with Crippen molar-refractivity contribution in [2.45, 2.75) is 0 Å². The molecular weight excluding hydrogens is 813 g/mol. The number of hydrogen-bond donors (Lipinski definition) is 0. The molecule has 1 aromatic heterocycles. The molecule has 0 spiro atoms. The first-order chi connectivity index (χ1) is 33.2. The van der Waals surface area contributed by atoms with E-state index in [1.807, 2.05) is 0 Å². The van der Waals surface area contributed by atoms with Crippen molar-refractivity contribution in [2.24, 2.45) is 0 Å². The van der Waals surface area contributed by atoms with E-state index in [0.29, 0.717) is 0 Å². The lowest BCUT2D eigenvalue weighted by Crippen LogP contribution is -2.09. The predicted octanol–water partition coefficient (Wildman–Crippen LogP) is 17.3. The zero-order valence-corrected chi connectivity index (χ0v) is 36.7. The molecule has 11 aromatic carbocycles. The van der Waals surface area contributed by atoms with E-state index in [2.05, 4.69) is 281 Å². The van der Waals surface area contributed by atoms with Crippen LogP contribution in [0, 0.1) is 0 Å². The molecule has 12 rings (SSSR count). The average Bonchev–Trinajstić information content (AvgIpc) is 3.82. The van der Waals surface area contributed by atoms with Crippen LogP contribution in [-0.2, 0) is 0 Å². The van der Waals surface area contributed by atoms with Crippen LogP contribution in [-0.4, -0.2) is 9.55 Å². The Kier molecular flexibility index (Phi) is 10.2. The SMILES string of the molecule is c1ccc(-c2nc3c4ccc(-c5ccc(N(c6ccccc6)c6ccccc6)cc5)cc4c4cc(-c5ccc(N(c6ccccc6)c6ccccc6)cc5)ccc4c3n2-c2ccccc2)cc1. The highest BCUT2D eigenvalue weighted by Gasteiger charge is 2.22. The molecular formula is C63H44N4. The number of para-hydroxylation sites is 5. The van der Waals surface area contributed by atoms with Gasteiger partial charge in [0.1, 0.15) is 5.82 Å². The van der Waals surface area contributed by atoms with Crippen LogP contribution < -0.4 is 9.80 Å². The molecule has 0 N–H and O–H groups in total. The summed E-state index contributed by atoms with van der Waals surface area (Å²) in [5.74, 6) is 0.915. The third-order valence-electron chi connectivity index (χ3n) is 12.7. The van der Waals surface area contributed by atoms with Crippen LogP contribution in [0.5, 0.6) is 0 Å². The van der Waals surface area contributed by atoms with Gasteiger partial charge in [-0.2, -0.15) is 0 Å². The Balaban J connectivity index is 1.03. The quantitative estimate of drug-likeness (QED) is 0.128. The van der Waals surface area contributed by atoms with Crippen molar-refractivity contribution in [2.75, 3.05) is 9.80 Å². The first-order valence-electron chi connectivity index (χ1n) is 22.8. The van der Waals surface area contributed by atoms with Gasteiger partial charge in [0.05, 0.1) is 11.0 Å². The lowest BCUT2D eigenvalue weighted by molar-refractivity contribution is 1.11. The molecule has 0 saturated heterocycles. The molecule has 1 heterocycles. The summed E-state index contributed by atoms with van der Waals surface area (Å²) in [6.07, 6.45) is 0. The van der Waals surface area contributed by atoms with Crippen LogP contribution in [0.3, 0.4) is 0 Å². The standard InChI is InChI=1S/C63H44N4/c1-7-19-47(20-8-1)63-64-61-57-41-35-48(45-31-37-55(38-32-45)65(50-21-9-2-10-22-50)51-23-11-3-12-24-51)43-59(57)60-44-49(36-42-58(60)62(61)67(63)54-29-17-6-18-30-54)46-33-39-56(40-34-46)66(52-25-13-4-14-26-52)53-27-15-5-16-28-53/h1-44H. The fraction of sp³-hybridized carbons (Fsp3) is 0. The molecule has 67 heavy (non-hydrogen) atoms. The van der Waals surface area contributed by atoms with Crippen LogP contribution in [0.15, 0.2) is 267 Å². The highest BCUT2D eigenvalue weighted by atomic mass is 15.1. The first kappa shape index (κ1) is 39.6. The highest BCUT2D eigenvalue weighted by Crippen LogP contribution is 2.43. The number of hydrogen-bond acceptors (Lipinski definition) is 3. The lowest BCUT2D eigenvalue weighted by atomic mass is 9.93. The fourth-order valence-corrected chi connectivity index (χ4v) is 9.58. The van der Waals surface area contributed by atoms with Crippen molar-refractivity contribution in [1.82, 2.24) is 9.55 Å². The molecule has 0 amide bonds. The normalized spacial score (nSPS) is 11.3. The van der Waals surface area contributed by atoms with Crippen LogP contribution in [0.25, 0.3) is 71.9 Å². The summed E-state index contributed by atoms with van der Waals surface area (Å²) in [5, 5.41) is 4.60. The Morgan fingerprint density at radius 1 is 0.269 bits per heavy atom. The summed E-state index contributed by atoms with van der Waals surface area (Å²) >= 11 is 0. The number of rotatable bonds is 10. The summed E-state index contributed by atoms with van der Waals surface area (Å²) in [4.78, 5) is 10.1. The first-order valence-corrected chi connectivity index (χ1v) is 22.8. The second kappa shape index (κ2) is 17.2. The number of nitrogens with zero attached hydrogens (tertiary/aromatic N) is 4. The maximum atomic E-state index is 5.54. The molecule has 0 atom stereocenters.